The van der Waals surface area contributed by atoms with E-state index in [9.17, 15) is 13.2 Å². The molecule has 1 rings (SSSR count). The molecule has 0 saturated carbocycles. The van der Waals surface area contributed by atoms with Crippen LogP contribution in [0.15, 0.2) is 23.8 Å². The van der Waals surface area contributed by atoms with Gasteiger partial charge in [-0.2, -0.15) is 13.2 Å². The van der Waals surface area contributed by atoms with Gasteiger partial charge in [-0.3, -0.25) is 0 Å². The van der Waals surface area contributed by atoms with Gasteiger partial charge in [-0.25, -0.2) is 0 Å². The fourth-order valence-electron chi connectivity index (χ4n) is 0.919. The highest BCUT2D eigenvalue weighted by Gasteiger charge is 2.34. The highest BCUT2D eigenvalue weighted by atomic mass is 127. The van der Waals surface area contributed by atoms with Crippen molar-refractivity contribution in [2.24, 2.45) is 0 Å². The van der Waals surface area contributed by atoms with Gasteiger partial charge in [0, 0.05) is 3.42 Å². The van der Waals surface area contributed by atoms with E-state index in [1.165, 1.54) is 6.08 Å². The molecule has 0 aromatic rings. The molecule has 4 heteroatoms. The van der Waals surface area contributed by atoms with E-state index < -0.39 is 11.7 Å². The van der Waals surface area contributed by atoms with Crippen LogP contribution in [0, 0.1) is 0 Å². The Balaban J connectivity index is 2.78. The molecule has 0 heterocycles. The predicted molar refractivity (Wildman–Crippen MR) is 50.3 cm³/mol. The van der Waals surface area contributed by atoms with Gasteiger partial charge in [0.15, 0.2) is 0 Å². The van der Waals surface area contributed by atoms with Gasteiger partial charge in [-0.05, 0) is 13.3 Å². The first-order chi connectivity index (χ1) is 5.31. The molecule has 68 valence electrons. The number of hydrogen-bond acceptors (Lipinski definition) is 0. The van der Waals surface area contributed by atoms with Gasteiger partial charge in [0.1, 0.15) is 0 Å². The maximum atomic E-state index is 12.1. The fourth-order valence-corrected chi connectivity index (χ4v) is 1.32. The summed E-state index contributed by atoms with van der Waals surface area (Å²) in [5, 5.41) is 0. The average Bonchev–Trinajstić information content (AvgIpc) is 1.83. The summed E-state index contributed by atoms with van der Waals surface area (Å²) in [5.74, 6) is 0. The second kappa shape index (κ2) is 3.05. The summed E-state index contributed by atoms with van der Waals surface area (Å²) >= 11 is 2.13. The van der Waals surface area contributed by atoms with Crippen LogP contribution in [0.2, 0.25) is 0 Å². The highest BCUT2D eigenvalue weighted by Crippen LogP contribution is 2.35. The van der Waals surface area contributed by atoms with E-state index in [1.807, 2.05) is 6.92 Å². The van der Waals surface area contributed by atoms with E-state index in [0.29, 0.717) is 6.42 Å². The number of allylic oxidation sites excluding steroid dienone is 4. The number of hydrogen-bond donors (Lipinski definition) is 0. The van der Waals surface area contributed by atoms with Crippen LogP contribution in [0.3, 0.4) is 0 Å². The number of halogens is 4. The SMILES string of the molecule is CC1(I)C=CC(C(F)(F)F)=CC1. The maximum Gasteiger partial charge on any atom is 0.416 e. The summed E-state index contributed by atoms with van der Waals surface area (Å²) in [6.45, 7) is 1.90. The molecular formula is C8H8F3I. The summed E-state index contributed by atoms with van der Waals surface area (Å²) < 4.78 is 36.1. The van der Waals surface area contributed by atoms with Crippen LogP contribution < -0.4 is 0 Å². The van der Waals surface area contributed by atoms with Crippen molar-refractivity contribution in [3.63, 3.8) is 0 Å². The zero-order valence-electron chi connectivity index (χ0n) is 6.45. The lowest BCUT2D eigenvalue weighted by molar-refractivity contribution is -0.0886. The third kappa shape index (κ3) is 2.50. The molecular weight excluding hydrogens is 280 g/mol. The Kier molecular flexibility index (Phi) is 2.56. The first-order valence-electron chi connectivity index (χ1n) is 3.47. The Bertz CT molecular complexity index is 235. The summed E-state index contributed by atoms with van der Waals surface area (Å²) in [4.78, 5) is 0. The molecule has 0 spiro atoms. The molecule has 0 aromatic carbocycles. The Morgan fingerprint density at radius 2 is 2.08 bits per heavy atom. The van der Waals surface area contributed by atoms with Crippen molar-refractivity contribution in [3.05, 3.63) is 23.8 Å². The van der Waals surface area contributed by atoms with Crippen molar-refractivity contribution in [3.8, 4) is 0 Å². The minimum absolute atomic E-state index is 0.160. The lowest BCUT2D eigenvalue weighted by Crippen LogP contribution is -2.18. The smallest absolute Gasteiger partial charge is 0.166 e. The second-order valence-electron chi connectivity index (χ2n) is 2.97. The topological polar surface area (TPSA) is 0 Å². The Hall–Kier alpha value is -0.0000000000000000555. The molecule has 0 saturated heterocycles. The third-order valence-corrected chi connectivity index (χ3v) is 2.46. The van der Waals surface area contributed by atoms with Crippen LogP contribution in [0.1, 0.15) is 13.3 Å². The van der Waals surface area contributed by atoms with Gasteiger partial charge in [-0.15, -0.1) is 0 Å². The standard InChI is InChI=1S/C8H8F3I/c1-7(12)4-2-6(3-5-7)8(9,10)11/h2-4H,5H2,1H3. The molecule has 0 fully saturated rings. The van der Waals surface area contributed by atoms with Crippen molar-refractivity contribution >= 4 is 22.6 Å². The Morgan fingerprint density at radius 1 is 1.50 bits per heavy atom. The van der Waals surface area contributed by atoms with E-state index in [0.717, 1.165) is 6.08 Å². The van der Waals surface area contributed by atoms with Gasteiger partial charge < -0.3 is 0 Å². The monoisotopic (exact) mass is 288 g/mol. The lowest BCUT2D eigenvalue weighted by Gasteiger charge is -2.21. The van der Waals surface area contributed by atoms with Crippen molar-refractivity contribution in [2.45, 2.75) is 22.9 Å². The predicted octanol–water partition coefficient (Wildman–Crippen LogP) is 3.63. The maximum absolute atomic E-state index is 12.1. The summed E-state index contributed by atoms with van der Waals surface area (Å²) in [6, 6.07) is 0. The van der Waals surface area contributed by atoms with E-state index in [-0.39, 0.29) is 3.42 Å². The lowest BCUT2D eigenvalue weighted by atomic mass is 9.98. The van der Waals surface area contributed by atoms with Crippen molar-refractivity contribution in [1.29, 1.82) is 0 Å². The Morgan fingerprint density at radius 3 is 2.42 bits per heavy atom. The number of alkyl halides is 4. The van der Waals surface area contributed by atoms with Gasteiger partial charge >= 0.3 is 6.18 Å². The van der Waals surface area contributed by atoms with Crippen LogP contribution >= 0.6 is 22.6 Å². The average molecular weight is 288 g/mol. The normalized spacial score (nSPS) is 30.2. The van der Waals surface area contributed by atoms with E-state index in [2.05, 4.69) is 22.6 Å². The zero-order valence-corrected chi connectivity index (χ0v) is 8.61. The van der Waals surface area contributed by atoms with Crippen LogP contribution in [0.5, 0.6) is 0 Å². The van der Waals surface area contributed by atoms with Gasteiger partial charge in [0.2, 0.25) is 0 Å². The highest BCUT2D eigenvalue weighted by molar-refractivity contribution is 14.1. The van der Waals surface area contributed by atoms with Gasteiger partial charge in [0.05, 0.1) is 5.57 Å². The molecule has 1 atom stereocenters. The van der Waals surface area contributed by atoms with E-state index >= 15 is 0 Å². The fraction of sp³-hybridized carbons (Fsp3) is 0.500. The molecule has 0 aromatic heterocycles. The van der Waals surface area contributed by atoms with E-state index in [4.69, 9.17) is 0 Å². The van der Waals surface area contributed by atoms with Crippen LogP contribution in [-0.4, -0.2) is 9.60 Å². The molecule has 0 radical (unpaired) electrons. The molecule has 0 nitrogen and oxygen atoms in total. The van der Waals surface area contributed by atoms with Crippen molar-refractivity contribution < 1.29 is 13.2 Å². The van der Waals surface area contributed by atoms with Gasteiger partial charge in [-0.1, -0.05) is 40.8 Å². The van der Waals surface area contributed by atoms with Crippen molar-refractivity contribution in [2.75, 3.05) is 0 Å². The summed E-state index contributed by atoms with van der Waals surface area (Å²) in [6.07, 6.45) is 0.237. The quantitative estimate of drug-likeness (QED) is 0.471. The first kappa shape index (κ1) is 10.1. The summed E-state index contributed by atoms with van der Waals surface area (Å²) in [5.41, 5.74) is -0.531. The molecule has 0 amide bonds. The minimum Gasteiger partial charge on any atom is -0.166 e. The molecule has 0 N–H and O–H groups in total. The number of rotatable bonds is 0. The molecule has 0 aliphatic heterocycles. The largest absolute Gasteiger partial charge is 0.416 e. The van der Waals surface area contributed by atoms with Gasteiger partial charge in [0.25, 0.3) is 0 Å². The first-order valence-corrected chi connectivity index (χ1v) is 4.55. The van der Waals surface area contributed by atoms with Crippen LogP contribution in [0.25, 0.3) is 0 Å². The molecule has 0 bridgehead atoms. The molecule has 1 unspecified atom stereocenters. The third-order valence-electron chi connectivity index (χ3n) is 1.66. The van der Waals surface area contributed by atoms with Crippen LogP contribution in [-0.2, 0) is 0 Å². The molecule has 12 heavy (non-hydrogen) atoms. The molecule has 1 aliphatic rings. The van der Waals surface area contributed by atoms with Crippen LogP contribution in [0.4, 0.5) is 13.2 Å². The minimum atomic E-state index is -4.19. The zero-order chi connectivity index (χ0) is 9.41. The van der Waals surface area contributed by atoms with E-state index in [1.54, 1.807) is 6.08 Å². The Labute approximate surface area is 82.7 Å². The summed E-state index contributed by atoms with van der Waals surface area (Å²) in [7, 11) is 0. The van der Waals surface area contributed by atoms with Crippen molar-refractivity contribution in [1.82, 2.24) is 0 Å². The second-order valence-corrected chi connectivity index (χ2v) is 5.44. The molecule has 1 aliphatic carbocycles.